The summed E-state index contributed by atoms with van der Waals surface area (Å²) in [5, 5.41) is 6.79. The molecule has 10 aromatic rings. The lowest BCUT2D eigenvalue weighted by Crippen LogP contribution is -2.10. The monoisotopic (exact) mass is 628 g/mol. The first-order chi connectivity index (χ1) is 24.3. The summed E-state index contributed by atoms with van der Waals surface area (Å²) < 4.78 is 13.1. The molecule has 3 aromatic heterocycles. The molecule has 0 aliphatic carbocycles. The molecule has 0 amide bonds. The molecule has 0 aliphatic rings. The number of furan rings is 2. The van der Waals surface area contributed by atoms with E-state index in [1.165, 1.54) is 5.39 Å². The molecule has 0 aliphatic heterocycles. The van der Waals surface area contributed by atoms with Gasteiger partial charge >= 0.3 is 0 Å². The van der Waals surface area contributed by atoms with Crippen LogP contribution in [0.5, 0.6) is 0 Å². The van der Waals surface area contributed by atoms with Gasteiger partial charge in [0.2, 0.25) is 0 Å². The van der Waals surface area contributed by atoms with Crippen molar-refractivity contribution in [2.45, 2.75) is 0 Å². The zero-order chi connectivity index (χ0) is 32.3. The van der Waals surface area contributed by atoms with Gasteiger partial charge in [-0.2, -0.15) is 0 Å². The zero-order valence-electron chi connectivity index (χ0n) is 26.4. The summed E-state index contributed by atoms with van der Waals surface area (Å²) in [5.74, 6) is 0. The maximum Gasteiger partial charge on any atom is 0.159 e. The van der Waals surface area contributed by atoms with Crippen molar-refractivity contribution in [2.24, 2.45) is 0 Å². The second-order valence-corrected chi connectivity index (χ2v) is 12.3. The third kappa shape index (κ3) is 4.35. The first-order valence-corrected chi connectivity index (χ1v) is 16.4. The Morgan fingerprint density at radius 2 is 1.14 bits per heavy atom. The molecule has 4 heteroatoms. The van der Waals surface area contributed by atoms with Gasteiger partial charge in [-0.15, -0.1) is 0 Å². The fourth-order valence-electron chi connectivity index (χ4n) is 7.38. The molecule has 49 heavy (non-hydrogen) atoms. The van der Waals surface area contributed by atoms with Crippen molar-refractivity contribution >= 4 is 71.7 Å². The van der Waals surface area contributed by atoms with Gasteiger partial charge in [0.05, 0.1) is 5.69 Å². The highest BCUT2D eigenvalue weighted by molar-refractivity contribution is 6.25. The van der Waals surface area contributed by atoms with E-state index in [-0.39, 0.29) is 0 Å². The topological polar surface area (TPSA) is 42.4 Å². The molecular weight excluding hydrogens is 601 g/mol. The Labute approximate surface area is 282 Å². The average molecular weight is 629 g/mol. The van der Waals surface area contributed by atoms with E-state index < -0.39 is 0 Å². The molecule has 0 unspecified atom stereocenters. The highest BCUT2D eigenvalue weighted by atomic mass is 16.3. The molecule has 0 atom stereocenters. The van der Waals surface area contributed by atoms with Crippen LogP contribution in [0.25, 0.3) is 76.9 Å². The smallest absolute Gasteiger partial charge is 0.159 e. The van der Waals surface area contributed by atoms with Crippen LogP contribution >= 0.6 is 0 Å². The number of pyridine rings is 1. The lowest BCUT2D eigenvalue weighted by Gasteiger charge is -2.25. The van der Waals surface area contributed by atoms with Gasteiger partial charge < -0.3 is 13.7 Å². The quantitative estimate of drug-likeness (QED) is 0.190. The van der Waals surface area contributed by atoms with Crippen molar-refractivity contribution < 1.29 is 8.83 Å². The van der Waals surface area contributed by atoms with Crippen LogP contribution < -0.4 is 4.90 Å². The summed E-state index contributed by atoms with van der Waals surface area (Å²) in [6.07, 6.45) is 3.72. The van der Waals surface area contributed by atoms with Crippen LogP contribution in [-0.4, -0.2) is 4.98 Å². The number of rotatable bonds is 5. The summed E-state index contributed by atoms with van der Waals surface area (Å²) in [6, 6.07) is 55.1. The molecule has 0 radical (unpaired) electrons. The minimum Gasteiger partial charge on any atom is -0.456 e. The van der Waals surface area contributed by atoms with Crippen molar-refractivity contribution in [3.63, 3.8) is 0 Å². The number of hydrogen-bond acceptors (Lipinski definition) is 4. The highest BCUT2D eigenvalue weighted by Gasteiger charge is 2.21. The molecule has 10 rings (SSSR count). The Bertz CT molecular complexity index is 2820. The third-order valence-electron chi connectivity index (χ3n) is 9.55. The predicted octanol–water partition coefficient (Wildman–Crippen LogP) is 12.8. The second-order valence-electron chi connectivity index (χ2n) is 12.3. The first-order valence-electron chi connectivity index (χ1n) is 16.4. The molecule has 7 aromatic carbocycles. The van der Waals surface area contributed by atoms with Gasteiger partial charge in [0.15, 0.2) is 5.58 Å². The van der Waals surface area contributed by atoms with Gasteiger partial charge in [-0.05, 0) is 82.1 Å². The number of hydrogen-bond donors (Lipinski definition) is 0. The summed E-state index contributed by atoms with van der Waals surface area (Å²) in [4.78, 5) is 6.66. The number of fused-ring (bicyclic) bond motifs is 8. The molecule has 230 valence electrons. The van der Waals surface area contributed by atoms with Crippen LogP contribution in [0.2, 0.25) is 0 Å². The normalized spacial score (nSPS) is 11.7. The molecule has 0 fully saturated rings. The third-order valence-corrected chi connectivity index (χ3v) is 9.55. The van der Waals surface area contributed by atoms with Crippen molar-refractivity contribution in [1.29, 1.82) is 0 Å². The van der Waals surface area contributed by atoms with Crippen molar-refractivity contribution in [1.82, 2.24) is 4.98 Å². The largest absolute Gasteiger partial charge is 0.456 e. The van der Waals surface area contributed by atoms with Crippen LogP contribution in [0, 0.1) is 0 Å². The van der Waals surface area contributed by atoms with Crippen LogP contribution in [0.15, 0.2) is 179 Å². The molecule has 0 spiro atoms. The minimum absolute atomic E-state index is 0.864. The SMILES string of the molecule is c1ccc(N(c2ccc(-c3cc4oc5cccc(-c6cccnc6)c5c4c4ccccc34)cc2)c2cccc3c2oc2ccccc23)cc1. The van der Waals surface area contributed by atoms with Gasteiger partial charge in [0.25, 0.3) is 0 Å². The Kier molecular flexibility index (Phi) is 6.15. The molecule has 0 N–H and O–H groups in total. The van der Waals surface area contributed by atoms with Gasteiger partial charge in [0.1, 0.15) is 16.7 Å². The summed E-state index contributed by atoms with van der Waals surface area (Å²) >= 11 is 0. The predicted molar refractivity (Wildman–Crippen MR) is 202 cm³/mol. The van der Waals surface area contributed by atoms with E-state index in [2.05, 4.69) is 143 Å². The summed E-state index contributed by atoms with van der Waals surface area (Å²) in [5.41, 5.74) is 11.0. The van der Waals surface area contributed by atoms with E-state index in [1.54, 1.807) is 0 Å². The standard InChI is InChI=1S/C45H28N2O2/c1-2-12-31(13-3-1)47(39-19-8-18-37-35-15-6-7-20-40(35)49-45(37)39)32-24-22-29(23-25-32)38-27-42-44(36-16-5-4-14-34(36)38)43-33(17-9-21-41(43)48-42)30-11-10-26-46-28-30/h1-28H. The zero-order valence-corrected chi connectivity index (χ0v) is 26.4. The Morgan fingerprint density at radius 1 is 0.429 bits per heavy atom. The lowest BCUT2D eigenvalue weighted by atomic mass is 9.93. The fourth-order valence-corrected chi connectivity index (χ4v) is 7.38. The number of anilines is 3. The summed E-state index contributed by atoms with van der Waals surface area (Å²) in [6.45, 7) is 0. The van der Waals surface area contributed by atoms with Crippen molar-refractivity contribution in [2.75, 3.05) is 4.90 Å². The van der Waals surface area contributed by atoms with Gasteiger partial charge in [-0.3, -0.25) is 4.98 Å². The number of nitrogens with zero attached hydrogens (tertiary/aromatic N) is 2. The highest BCUT2D eigenvalue weighted by Crippen LogP contribution is 2.45. The number of para-hydroxylation sites is 3. The Morgan fingerprint density at radius 3 is 1.98 bits per heavy atom. The van der Waals surface area contributed by atoms with E-state index in [1.807, 2.05) is 36.7 Å². The maximum atomic E-state index is 6.59. The van der Waals surface area contributed by atoms with Crippen molar-refractivity contribution in [3.05, 3.63) is 170 Å². The lowest BCUT2D eigenvalue weighted by molar-refractivity contribution is 0.669. The molecule has 4 nitrogen and oxygen atoms in total. The van der Waals surface area contributed by atoms with E-state index in [0.717, 1.165) is 88.6 Å². The molecule has 0 bridgehead atoms. The number of aromatic nitrogens is 1. The van der Waals surface area contributed by atoms with E-state index in [9.17, 15) is 0 Å². The molecular formula is C45H28N2O2. The molecule has 0 saturated heterocycles. The first kappa shape index (κ1) is 27.5. The minimum atomic E-state index is 0.864. The van der Waals surface area contributed by atoms with Gasteiger partial charge in [-0.1, -0.05) is 103 Å². The van der Waals surface area contributed by atoms with Gasteiger partial charge in [0, 0.05) is 50.9 Å². The Hall–Kier alpha value is -6.65. The van der Waals surface area contributed by atoms with Gasteiger partial charge in [-0.25, -0.2) is 0 Å². The maximum absolute atomic E-state index is 6.59. The van der Waals surface area contributed by atoms with Crippen LogP contribution in [-0.2, 0) is 0 Å². The number of benzene rings is 7. The molecule has 3 heterocycles. The van der Waals surface area contributed by atoms with E-state index in [4.69, 9.17) is 8.83 Å². The van der Waals surface area contributed by atoms with E-state index >= 15 is 0 Å². The van der Waals surface area contributed by atoms with Crippen LogP contribution in [0.4, 0.5) is 17.1 Å². The van der Waals surface area contributed by atoms with Crippen molar-refractivity contribution in [3.8, 4) is 22.3 Å². The van der Waals surface area contributed by atoms with Crippen LogP contribution in [0.1, 0.15) is 0 Å². The summed E-state index contributed by atoms with van der Waals surface area (Å²) in [7, 11) is 0. The van der Waals surface area contributed by atoms with Crippen LogP contribution in [0.3, 0.4) is 0 Å². The molecule has 0 saturated carbocycles. The van der Waals surface area contributed by atoms with E-state index in [0.29, 0.717) is 0 Å². The average Bonchev–Trinajstić information content (AvgIpc) is 3.75. The Balaban J connectivity index is 1.15. The fraction of sp³-hybridized carbons (Fsp3) is 0. The second kappa shape index (κ2) is 11.0.